The van der Waals surface area contributed by atoms with Crippen LogP contribution in [0.3, 0.4) is 0 Å². The number of hydrogen-bond acceptors (Lipinski definition) is 3. The third-order valence-electron chi connectivity index (χ3n) is 3.70. The molecule has 1 atom stereocenters. The topological polar surface area (TPSA) is 24.9 Å². The van der Waals surface area contributed by atoms with E-state index in [-0.39, 0.29) is 0 Å². The van der Waals surface area contributed by atoms with E-state index in [9.17, 15) is 0 Å². The molecule has 1 spiro atoms. The van der Waals surface area contributed by atoms with Crippen molar-refractivity contribution in [1.82, 2.24) is 9.69 Å². The van der Waals surface area contributed by atoms with Crippen LogP contribution in [-0.2, 0) is 0 Å². The van der Waals surface area contributed by atoms with Crippen molar-refractivity contribution in [3.05, 3.63) is 23.2 Å². The summed E-state index contributed by atoms with van der Waals surface area (Å²) in [5.41, 5.74) is 1.96. The summed E-state index contributed by atoms with van der Waals surface area (Å²) in [4.78, 5) is 1.36. The molecule has 2 heterocycles. The Morgan fingerprint density at radius 3 is 3.00 bits per heavy atom. The molecule has 1 aromatic heterocycles. The molecule has 1 aliphatic carbocycles. The van der Waals surface area contributed by atoms with Crippen molar-refractivity contribution in [3.8, 4) is 0 Å². The van der Waals surface area contributed by atoms with Crippen molar-refractivity contribution in [2.75, 3.05) is 6.54 Å². The quantitative estimate of drug-likeness (QED) is 0.787. The van der Waals surface area contributed by atoms with E-state index >= 15 is 0 Å². The summed E-state index contributed by atoms with van der Waals surface area (Å²) < 4.78 is 4.17. The van der Waals surface area contributed by atoms with E-state index < -0.39 is 0 Å². The van der Waals surface area contributed by atoms with Gasteiger partial charge in [-0.25, -0.2) is 4.37 Å². The molecule has 1 fully saturated rings. The number of aromatic nitrogens is 1. The van der Waals surface area contributed by atoms with Gasteiger partial charge in [0.15, 0.2) is 0 Å². The van der Waals surface area contributed by atoms with Crippen molar-refractivity contribution in [1.29, 1.82) is 0 Å². The predicted molar refractivity (Wildman–Crippen MR) is 63.9 cm³/mol. The van der Waals surface area contributed by atoms with Crippen LogP contribution in [0.4, 0.5) is 0 Å². The van der Waals surface area contributed by atoms with Crippen molar-refractivity contribution < 1.29 is 0 Å². The smallest absolute Gasteiger partial charge is 0.0506 e. The SMILES string of the molecule is C1=C(c2ccns2)CCC2(C1)CCCN2. The maximum absolute atomic E-state index is 4.17. The zero-order valence-electron chi connectivity index (χ0n) is 8.83. The van der Waals surface area contributed by atoms with Crippen LogP contribution in [0, 0.1) is 0 Å². The third kappa shape index (κ3) is 1.74. The zero-order valence-corrected chi connectivity index (χ0v) is 9.65. The van der Waals surface area contributed by atoms with E-state index in [1.807, 2.05) is 6.20 Å². The summed E-state index contributed by atoms with van der Waals surface area (Å²) in [5, 5.41) is 3.68. The first-order chi connectivity index (χ1) is 7.38. The van der Waals surface area contributed by atoms with E-state index in [1.165, 1.54) is 49.1 Å². The molecule has 2 aliphatic rings. The Bertz CT molecular complexity index is 361. The van der Waals surface area contributed by atoms with E-state index in [0.29, 0.717) is 5.54 Å². The number of rotatable bonds is 1. The summed E-state index contributed by atoms with van der Waals surface area (Å²) in [6, 6.07) is 2.14. The highest BCUT2D eigenvalue weighted by atomic mass is 32.1. The van der Waals surface area contributed by atoms with Gasteiger partial charge >= 0.3 is 0 Å². The van der Waals surface area contributed by atoms with Gasteiger partial charge in [-0.3, -0.25) is 0 Å². The number of hydrogen-bond donors (Lipinski definition) is 1. The third-order valence-corrected chi connectivity index (χ3v) is 4.52. The minimum atomic E-state index is 0.453. The molecule has 80 valence electrons. The maximum Gasteiger partial charge on any atom is 0.0506 e. The molecule has 3 rings (SSSR count). The van der Waals surface area contributed by atoms with Crippen LogP contribution in [0.25, 0.3) is 5.57 Å². The Balaban J connectivity index is 1.78. The van der Waals surface area contributed by atoms with Crippen LogP contribution < -0.4 is 5.32 Å². The average Bonchev–Trinajstić information content (AvgIpc) is 2.91. The van der Waals surface area contributed by atoms with E-state index in [0.717, 1.165) is 0 Å². The largest absolute Gasteiger partial charge is 0.311 e. The van der Waals surface area contributed by atoms with Crippen molar-refractivity contribution in [2.45, 2.75) is 37.6 Å². The van der Waals surface area contributed by atoms with Crippen LogP contribution in [-0.4, -0.2) is 16.5 Å². The van der Waals surface area contributed by atoms with Crippen LogP contribution in [0.5, 0.6) is 0 Å². The Hall–Kier alpha value is -0.670. The molecule has 2 nitrogen and oxygen atoms in total. The van der Waals surface area contributed by atoms with Gasteiger partial charge in [-0.1, -0.05) is 6.08 Å². The molecule has 0 amide bonds. The molecule has 0 bridgehead atoms. The van der Waals surface area contributed by atoms with Crippen LogP contribution in [0.15, 0.2) is 18.3 Å². The molecule has 1 aliphatic heterocycles. The Morgan fingerprint density at radius 2 is 2.40 bits per heavy atom. The molecular formula is C12H16N2S. The molecule has 15 heavy (non-hydrogen) atoms. The Kier molecular flexibility index (Phi) is 2.37. The first kappa shape index (κ1) is 9.55. The summed E-state index contributed by atoms with van der Waals surface area (Å²) in [6.07, 6.45) is 10.8. The molecule has 0 saturated carbocycles. The van der Waals surface area contributed by atoms with Crippen molar-refractivity contribution in [3.63, 3.8) is 0 Å². The first-order valence-electron chi connectivity index (χ1n) is 5.73. The molecule has 1 N–H and O–H groups in total. The molecule has 0 radical (unpaired) electrons. The standard InChI is InChI=1S/C12H16N2S/c1-5-12(13-8-1)6-2-10(3-7-12)11-4-9-14-15-11/h2,4,9,13H,1,3,5-8H2. The Morgan fingerprint density at radius 1 is 1.40 bits per heavy atom. The number of nitrogens with zero attached hydrogens (tertiary/aromatic N) is 1. The van der Waals surface area contributed by atoms with Gasteiger partial charge in [-0.15, -0.1) is 0 Å². The molecule has 1 saturated heterocycles. The highest BCUT2D eigenvalue weighted by Gasteiger charge is 2.34. The highest BCUT2D eigenvalue weighted by Crippen LogP contribution is 2.38. The lowest BCUT2D eigenvalue weighted by molar-refractivity contribution is 0.347. The second-order valence-corrected chi connectivity index (χ2v) is 5.45. The van der Waals surface area contributed by atoms with Crippen LogP contribution in [0.1, 0.15) is 37.0 Å². The normalized spacial score (nSPS) is 30.8. The fourth-order valence-corrected chi connectivity index (χ4v) is 3.42. The minimum absolute atomic E-state index is 0.453. The summed E-state index contributed by atoms with van der Waals surface area (Å²) >= 11 is 1.62. The molecule has 1 aromatic rings. The van der Waals surface area contributed by atoms with Gasteiger partial charge in [0.2, 0.25) is 0 Å². The fraction of sp³-hybridized carbons (Fsp3) is 0.583. The van der Waals surface area contributed by atoms with Crippen LogP contribution in [0.2, 0.25) is 0 Å². The second-order valence-electron chi connectivity index (χ2n) is 4.62. The molecular weight excluding hydrogens is 204 g/mol. The fourth-order valence-electron chi connectivity index (χ4n) is 2.76. The first-order valence-corrected chi connectivity index (χ1v) is 6.50. The van der Waals surface area contributed by atoms with E-state index in [4.69, 9.17) is 0 Å². The molecule has 1 unspecified atom stereocenters. The second kappa shape index (κ2) is 3.72. The maximum atomic E-state index is 4.17. The summed E-state index contributed by atoms with van der Waals surface area (Å²) in [5.74, 6) is 0. The summed E-state index contributed by atoms with van der Waals surface area (Å²) in [7, 11) is 0. The summed E-state index contributed by atoms with van der Waals surface area (Å²) in [6.45, 7) is 1.21. The van der Waals surface area contributed by atoms with Gasteiger partial charge in [0.25, 0.3) is 0 Å². The zero-order chi connectivity index (χ0) is 10.1. The lowest BCUT2D eigenvalue weighted by Crippen LogP contribution is -2.40. The van der Waals surface area contributed by atoms with Gasteiger partial charge in [0, 0.05) is 11.7 Å². The van der Waals surface area contributed by atoms with Crippen LogP contribution >= 0.6 is 11.5 Å². The van der Waals surface area contributed by atoms with Gasteiger partial charge in [-0.05, 0) is 61.8 Å². The number of allylic oxidation sites excluding steroid dienone is 1. The Labute approximate surface area is 94.6 Å². The van der Waals surface area contributed by atoms with E-state index in [1.54, 1.807) is 11.5 Å². The molecule has 0 aromatic carbocycles. The average molecular weight is 220 g/mol. The van der Waals surface area contributed by atoms with Gasteiger partial charge in [0.1, 0.15) is 0 Å². The van der Waals surface area contributed by atoms with Crippen molar-refractivity contribution in [2.24, 2.45) is 0 Å². The molecule has 3 heteroatoms. The number of nitrogens with one attached hydrogen (secondary N) is 1. The minimum Gasteiger partial charge on any atom is -0.311 e. The van der Waals surface area contributed by atoms with Gasteiger partial charge < -0.3 is 5.32 Å². The van der Waals surface area contributed by atoms with Crippen molar-refractivity contribution >= 4 is 17.1 Å². The lowest BCUT2D eigenvalue weighted by atomic mass is 9.81. The van der Waals surface area contributed by atoms with Gasteiger partial charge in [0.05, 0.1) is 4.88 Å². The van der Waals surface area contributed by atoms with Gasteiger partial charge in [-0.2, -0.15) is 0 Å². The van der Waals surface area contributed by atoms with E-state index in [2.05, 4.69) is 21.8 Å². The lowest BCUT2D eigenvalue weighted by Gasteiger charge is -2.32. The predicted octanol–water partition coefficient (Wildman–Crippen LogP) is 2.83. The highest BCUT2D eigenvalue weighted by molar-refractivity contribution is 7.06. The monoisotopic (exact) mass is 220 g/mol.